The van der Waals surface area contributed by atoms with Gasteiger partial charge in [0.25, 0.3) is 5.91 Å². The molecule has 0 radical (unpaired) electrons. The lowest BCUT2D eigenvalue weighted by molar-refractivity contribution is -0.143. The van der Waals surface area contributed by atoms with Crippen molar-refractivity contribution in [2.45, 2.75) is 66.3 Å². The van der Waals surface area contributed by atoms with Crippen molar-refractivity contribution in [3.63, 3.8) is 0 Å². The molecule has 0 unspecified atom stereocenters. The fourth-order valence-electron chi connectivity index (χ4n) is 3.44. The molecule has 1 aromatic rings. The van der Waals surface area contributed by atoms with Crippen molar-refractivity contribution in [1.29, 1.82) is 0 Å². The van der Waals surface area contributed by atoms with Crippen LogP contribution in [0, 0.1) is 11.2 Å². The number of nitrogens with zero attached hydrogens (tertiary/aromatic N) is 1. The number of ether oxygens (including phenoxy) is 1. The summed E-state index contributed by atoms with van der Waals surface area (Å²) in [5.41, 5.74) is 0.0779. The molecule has 146 valence electrons. The number of hydrogen-bond donors (Lipinski definition) is 0. The summed E-state index contributed by atoms with van der Waals surface area (Å²) in [6, 6.07) is 5.59. The van der Waals surface area contributed by atoms with Crippen LogP contribution in [0.5, 0.6) is 0 Å². The molecule has 26 heavy (non-hydrogen) atoms. The standard InChI is InChI=1S/C21H32FNO3/c1-7-26-18(24)9-8-14-23(21(5,6)15-20(2,3)4)19(25)16-10-12-17(22)13-11-16/h10-13H,7-9,14-15H2,1-6H3. The molecule has 4 nitrogen and oxygen atoms in total. The van der Waals surface area contributed by atoms with Crippen LogP contribution < -0.4 is 0 Å². The van der Waals surface area contributed by atoms with Crippen LogP contribution in [-0.2, 0) is 9.53 Å². The van der Waals surface area contributed by atoms with Gasteiger partial charge in [-0.05, 0) is 63.3 Å². The first-order valence-electron chi connectivity index (χ1n) is 9.19. The highest BCUT2D eigenvalue weighted by Crippen LogP contribution is 2.32. The van der Waals surface area contributed by atoms with Gasteiger partial charge in [0.2, 0.25) is 0 Å². The molecule has 0 bridgehead atoms. The number of hydrogen-bond acceptors (Lipinski definition) is 3. The summed E-state index contributed by atoms with van der Waals surface area (Å²) < 4.78 is 18.2. The zero-order valence-electron chi connectivity index (χ0n) is 16.9. The molecule has 0 saturated heterocycles. The van der Waals surface area contributed by atoms with Crippen LogP contribution in [0.4, 0.5) is 4.39 Å². The fraction of sp³-hybridized carbons (Fsp3) is 0.619. The van der Waals surface area contributed by atoms with Crippen molar-refractivity contribution in [3.05, 3.63) is 35.6 Å². The maximum absolute atomic E-state index is 13.2. The zero-order chi connectivity index (χ0) is 20.0. The van der Waals surface area contributed by atoms with E-state index in [-0.39, 0.29) is 29.5 Å². The van der Waals surface area contributed by atoms with Gasteiger partial charge < -0.3 is 9.64 Å². The van der Waals surface area contributed by atoms with Gasteiger partial charge in [0, 0.05) is 24.1 Å². The van der Waals surface area contributed by atoms with E-state index in [9.17, 15) is 14.0 Å². The second-order valence-corrected chi connectivity index (χ2v) is 8.42. The third-order valence-corrected chi connectivity index (χ3v) is 4.10. The second-order valence-electron chi connectivity index (χ2n) is 8.42. The fourth-order valence-corrected chi connectivity index (χ4v) is 3.44. The lowest BCUT2D eigenvalue weighted by Crippen LogP contribution is -2.50. The predicted molar refractivity (Wildman–Crippen MR) is 101 cm³/mol. The maximum Gasteiger partial charge on any atom is 0.305 e. The van der Waals surface area contributed by atoms with Gasteiger partial charge in [-0.2, -0.15) is 0 Å². The van der Waals surface area contributed by atoms with Crippen LogP contribution in [0.15, 0.2) is 24.3 Å². The van der Waals surface area contributed by atoms with Gasteiger partial charge in [0.05, 0.1) is 6.61 Å². The molecule has 0 aliphatic carbocycles. The van der Waals surface area contributed by atoms with Crippen LogP contribution in [0.2, 0.25) is 0 Å². The number of rotatable bonds is 8. The van der Waals surface area contributed by atoms with Gasteiger partial charge >= 0.3 is 5.97 Å². The molecule has 0 aromatic heterocycles. The Hall–Kier alpha value is -1.91. The van der Waals surface area contributed by atoms with Crippen molar-refractivity contribution >= 4 is 11.9 Å². The Kier molecular flexibility index (Phi) is 7.79. The molecule has 1 aromatic carbocycles. The van der Waals surface area contributed by atoms with E-state index >= 15 is 0 Å². The highest BCUT2D eigenvalue weighted by molar-refractivity contribution is 5.94. The highest BCUT2D eigenvalue weighted by atomic mass is 19.1. The van der Waals surface area contributed by atoms with Crippen molar-refractivity contribution < 1.29 is 18.7 Å². The Morgan fingerprint density at radius 2 is 1.65 bits per heavy atom. The van der Waals surface area contributed by atoms with E-state index in [4.69, 9.17) is 4.74 Å². The van der Waals surface area contributed by atoms with E-state index in [1.165, 1.54) is 24.3 Å². The summed E-state index contributed by atoms with van der Waals surface area (Å²) >= 11 is 0. The SMILES string of the molecule is CCOC(=O)CCCN(C(=O)c1ccc(F)cc1)C(C)(C)CC(C)(C)C. The van der Waals surface area contributed by atoms with E-state index in [2.05, 4.69) is 20.8 Å². The molecular formula is C21H32FNO3. The third kappa shape index (κ3) is 7.14. The summed E-state index contributed by atoms with van der Waals surface area (Å²) in [7, 11) is 0. The van der Waals surface area contributed by atoms with Crippen LogP contribution in [0.25, 0.3) is 0 Å². The summed E-state index contributed by atoms with van der Waals surface area (Å²) in [5.74, 6) is -0.775. The molecule has 0 spiro atoms. The summed E-state index contributed by atoms with van der Waals surface area (Å²) in [4.78, 5) is 26.5. The number of benzene rings is 1. The lowest BCUT2D eigenvalue weighted by atomic mass is 9.80. The van der Waals surface area contributed by atoms with Crippen molar-refractivity contribution in [1.82, 2.24) is 4.90 Å². The number of halogens is 1. The molecule has 0 fully saturated rings. The minimum atomic E-state index is -0.404. The average Bonchev–Trinajstić information content (AvgIpc) is 2.49. The summed E-state index contributed by atoms with van der Waals surface area (Å²) in [5, 5.41) is 0. The smallest absolute Gasteiger partial charge is 0.305 e. The summed E-state index contributed by atoms with van der Waals surface area (Å²) in [6.07, 6.45) is 1.60. The Labute approximate surface area is 156 Å². The first-order chi connectivity index (χ1) is 12.0. The van der Waals surface area contributed by atoms with Gasteiger partial charge in [-0.25, -0.2) is 4.39 Å². The van der Waals surface area contributed by atoms with E-state index in [1.807, 2.05) is 13.8 Å². The lowest BCUT2D eigenvalue weighted by Gasteiger charge is -2.42. The minimum absolute atomic E-state index is 0.0337. The Morgan fingerprint density at radius 1 is 1.08 bits per heavy atom. The van der Waals surface area contributed by atoms with E-state index in [0.717, 1.165) is 6.42 Å². The highest BCUT2D eigenvalue weighted by Gasteiger charge is 2.34. The van der Waals surface area contributed by atoms with Crippen molar-refractivity contribution in [3.8, 4) is 0 Å². The quantitative estimate of drug-likeness (QED) is 0.620. The Morgan fingerprint density at radius 3 is 2.15 bits per heavy atom. The average molecular weight is 365 g/mol. The minimum Gasteiger partial charge on any atom is -0.466 e. The van der Waals surface area contributed by atoms with E-state index < -0.39 is 5.54 Å². The molecule has 0 heterocycles. The maximum atomic E-state index is 13.2. The van der Waals surface area contributed by atoms with Gasteiger partial charge in [0.1, 0.15) is 5.82 Å². The molecular weight excluding hydrogens is 333 g/mol. The van der Waals surface area contributed by atoms with E-state index in [1.54, 1.807) is 11.8 Å². The van der Waals surface area contributed by atoms with Crippen LogP contribution in [-0.4, -0.2) is 35.5 Å². The van der Waals surface area contributed by atoms with Gasteiger partial charge in [-0.3, -0.25) is 9.59 Å². The number of carbonyl (C=O) groups excluding carboxylic acids is 2. The van der Waals surface area contributed by atoms with Gasteiger partial charge in [-0.1, -0.05) is 20.8 Å². The van der Waals surface area contributed by atoms with Gasteiger partial charge in [-0.15, -0.1) is 0 Å². The predicted octanol–water partition coefficient (Wildman–Crippen LogP) is 4.83. The molecule has 1 rings (SSSR count). The first-order valence-corrected chi connectivity index (χ1v) is 9.19. The number of esters is 1. The summed E-state index contributed by atoms with van der Waals surface area (Å²) in [6.45, 7) is 13.0. The number of amides is 1. The molecule has 0 atom stereocenters. The Bertz CT molecular complexity index is 603. The second kappa shape index (κ2) is 9.15. The van der Waals surface area contributed by atoms with Crippen LogP contribution in [0.3, 0.4) is 0 Å². The Balaban J connectivity index is 2.98. The van der Waals surface area contributed by atoms with Crippen molar-refractivity contribution in [2.24, 2.45) is 5.41 Å². The molecule has 1 amide bonds. The molecule has 0 aliphatic heterocycles. The van der Waals surface area contributed by atoms with Crippen LogP contribution in [0.1, 0.15) is 71.2 Å². The molecule has 0 saturated carbocycles. The van der Waals surface area contributed by atoms with Gasteiger partial charge in [0.15, 0.2) is 0 Å². The first kappa shape index (κ1) is 22.1. The van der Waals surface area contributed by atoms with Crippen LogP contribution >= 0.6 is 0 Å². The van der Waals surface area contributed by atoms with Crippen molar-refractivity contribution in [2.75, 3.05) is 13.2 Å². The topological polar surface area (TPSA) is 46.6 Å². The third-order valence-electron chi connectivity index (χ3n) is 4.10. The monoisotopic (exact) mass is 365 g/mol. The largest absolute Gasteiger partial charge is 0.466 e. The zero-order valence-corrected chi connectivity index (χ0v) is 16.9. The normalized spacial score (nSPS) is 12.0. The molecule has 0 N–H and O–H groups in total. The molecule has 5 heteroatoms. The van der Waals surface area contributed by atoms with E-state index in [0.29, 0.717) is 25.1 Å². The number of carbonyl (C=O) groups is 2. The molecule has 0 aliphatic rings.